The molecular formula is C24H25FN2O4. The van der Waals surface area contributed by atoms with E-state index in [4.69, 9.17) is 9.47 Å². The SMILES string of the molecule is COc1ccc2c(c1)c(C=C1Oc3c(ccc(O)c3F)C1=O)c(C)n2CCCN(C)C. The van der Waals surface area contributed by atoms with Crippen molar-refractivity contribution < 1.29 is 23.8 Å². The van der Waals surface area contributed by atoms with Crippen molar-refractivity contribution in [3.05, 3.63) is 58.7 Å². The highest BCUT2D eigenvalue weighted by Crippen LogP contribution is 2.39. The quantitative estimate of drug-likeness (QED) is 0.596. The summed E-state index contributed by atoms with van der Waals surface area (Å²) in [7, 11) is 5.69. The third kappa shape index (κ3) is 3.65. The van der Waals surface area contributed by atoms with E-state index in [-0.39, 0.29) is 17.1 Å². The first-order valence-corrected chi connectivity index (χ1v) is 10.1. The lowest BCUT2D eigenvalue weighted by molar-refractivity contribution is 0.101. The second-order valence-corrected chi connectivity index (χ2v) is 7.91. The molecule has 0 atom stereocenters. The molecule has 0 spiro atoms. The third-order valence-electron chi connectivity index (χ3n) is 5.60. The Bertz CT molecular complexity index is 1210. The molecule has 4 rings (SSSR count). The number of aryl methyl sites for hydroxylation is 1. The molecule has 0 radical (unpaired) electrons. The number of fused-ring (bicyclic) bond motifs is 2. The standard InChI is InChI=1S/C24H25FN2O4/c1-14-17(13-21-23(29)16-7-9-20(28)22(25)24(16)31-21)18-12-15(30-4)6-8-19(18)27(14)11-5-10-26(2)3/h6-9,12-13,28H,5,10-11H2,1-4H3. The Morgan fingerprint density at radius 1 is 1.26 bits per heavy atom. The fraction of sp³-hybridized carbons (Fsp3) is 0.292. The Balaban J connectivity index is 1.81. The van der Waals surface area contributed by atoms with Gasteiger partial charge in [0.15, 0.2) is 17.3 Å². The minimum atomic E-state index is -0.932. The number of rotatable bonds is 6. The van der Waals surface area contributed by atoms with Crippen molar-refractivity contribution in [1.29, 1.82) is 0 Å². The van der Waals surface area contributed by atoms with E-state index in [0.717, 1.165) is 47.7 Å². The van der Waals surface area contributed by atoms with E-state index in [1.807, 2.05) is 39.2 Å². The maximum atomic E-state index is 14.2. The number of ketones is 1. The van der Waals surface area contributed by atoms with Crippen LogP contribution in [0.15, 0.2) is 36.1 Å². The molecule has 3 aromatic rings. The van der Waals surface area contributed by atoms with Crippen LogP contribution in [0, 0.1) is 12.7 Å². The van der Waals surface area contributed by atoms with Gasteiger partial charge in [0.05, 0.1) is 12.7 Å². The van der Waals surface area contributed by atoms with Crippen LogP contribution in [-0.4, -0.2) is 48.1 Å². The number of methoxy groups -OCH3 is 1. The number of carbonyl (C=O) groups excluding carboxylic acids is 1. The van der Waals surface area contributed by atoms with Crippen molar-refractivity contribution in [1.82, 2.24) is 9.47 Å². The molecule has 31 heavy (non-hydrogen) atoms. The number of hydrogen-bond acceptors (Lipinski definition) is 5. The zero-order valence-electron chi connectivity index (χ0n) is 18.0. The molecule has 1 aliphatic heterocycles. The summed E-state index contributed by atoms with van der Waals surface area (Å²) in [6.45, 7) is 3.76. The highest BCUT2D eigenvalue weighted by molar-refractivity contribution is 6.15. The largest absolute Gasteiger partial charge is 0.505 e. The first-order chi connectivity index (χ1) is 14.8. The Hall–Kier alpha value is -3.32. The van der Waals surface area contributed by atoms with E-state index < -0.39 is 17.3 Å². The Labute approximate surface area is 180 Å². The van der Waals surface area contributed by atoms with E-state index in [1.54, 1.807) is 13.2 Å². The first-order valence-electron chi connectivity index (χ1n) is 10.1. The third-order valence-corrected chi connectivity index (χ3v) is 5.60. The van der Waals surface area contributed by atoms with Crippen LogP contribution in [0.4, 0.5) is 4.39 Å². The first kappa shape index (κ1) is 20.9. The van der Waals surface area contributed by atoms with Crippen LogP contribution in [0.25, 0.3) is 17.0 Å². The average molecular weight is 424 g/mol. The summed E-state index contributed by atoms with van der Waals surface area (Å²) in [6.07, 6.45) is 2.61. The summed E-state index contributed by atoms with van der Waals surface area (Å²) >= 11 is 0. The average Bonchev–Trinajstić information content (AvgIpc) is 3.20. The van der Waals surface area contributed by atoms with Gasteiger partial charge in [0.25, 0.3) is 0 Å². The zero-order valence-corrected chi connectivity index (χ0v) is 18.0. The number of aromatic nitrogens is 1. The molecule has 0 saturated heterocycles. The fourth-order valence-corrected chi connectivity index (χ4v) is 3.97. The predicted molar refractivity (Wildman–Crippen MR) is 117 cm³/mol. The molecular weight excluding hydrogens is 399 g/mol. The van der Waals surface area contributed by atoms with Crippen molar-refractivity contribution in [3.63, 3.8) is 0 Å². The van der Waals surface area contributed by atoms with Gasteiger partial charge in [0.1, 0.15) is 5.75 Å². The molecule has 1 N–H and O–H groups in total. The molecule has 2 heterocycles. The predicted octanol–water partition coefficient (Wildman–Crippen LogP) is 4.37. The van der Waals surface area contributed by atoms with E-state index in [1.165, 1.54) is 6.07 Å². The second-order valence-electron chi connectivity index (χ2n) is 7.91. The highest BCUT2D eigenvalue weighted by Gasteiger charge is 2.32. The van der Waals surface area contributed by atoms with Gasteiger partial charge in [-0.3, -0.25) is 4.79 Å². The lowest BCUT2D eigenvalue weighted by atomic mass is 10.1. The van der Waals surface area contributed by atoms with Gasteiger partial charge in [0, 0.05) is 28.7 Å². The normalized spacial score (nSPS) is 14.5. The highest BCUT2D eigenvalue weighted by atomic mass is 19.1. The summed E-state index contributed by atoms with van der Waals surface area (Å²) in [5, 5.41) is 10.5. The Kier molecular flexibility index (Phi) is 5.45. The zero-order chi connectivity index (χ0) is 22.3. The van der Waals surface area contributed by atoms with Gasteiger partial charge < -0.3 is 24.0 Å². The maximum absolute atomic E-state index is 14.2. The molecule has 0 saturated carbocycles. The number of benzene rings is 2. The van der Waals surface area contributed by atoms with E-state index in [9.17, 15) is 14.3 Å². The molecule has 162 valence electrons. The molecule has 1 aromatic heterocycles. The molecule has 0 amide bonds. The van der Waals surface area contributed by atoms with Gasteiger partial charge in [-0.15, -0.1) is 0 Å². The number of Topliss-reactive ketones (excluding diaryl/α,β-unsaturated/α-hetero) is 1. The van der Waals surface area contributed by atoms with Gasteiger partial charge >= 0.3 is 0 Å². The molecule has 0 aliphatic carbocycles. The van der Waals surface area contributed by atoms with Crippen molar-refractivity contribution in [3.8, 4) is 17.2 Å². The summed E-state index contributed by atoms with van der Waals surface area (Å²) < 4.78 is 27.4. The number of hydrogen-bond donors (Lipinski definition) is 1. The smallest absolute Gasteiger partial charge is 0.232 e. The van der Waals surface area contributed by atoms with Gasteiger partial charge in [-0.05, 0) is 70.4 Å². The van der Waals surface area contributed by atoms with Crippen LogP contribution in [0.3, 0.4) is 0 Å². The van der Waals surface area contributed by atoms with Gasteiger partial charge in [-0.25, -0.2) is 0 Å². The second kappa shape index (κ2) is 8.07. The topological polar surface area (TPSA) is 63.9 Å². The van der Waals surface area contributed by atoms with Crippen LogP contribution in [0.1, 0.15) is 28.0 Å². The van der Waals surface area contributed by atoms with Gasteiger partial charge in [-0.1, -0.05) is 0 Å². The Morgan fingerprint density at radius 3 is 2.74 bits per heavy atom. The molecule has 0 unspecified atom stereocenters. The van der Waals surface area contributed by atoms with Crippen molar-refractivity contribution in [2.24, 2.45) is 0 Å². The van der Waals surface area contributed by atoms with Crippen LogP contribution in [0.2, 0.25) is 0 Å². The lowest BCUT2D eigenvalue weighted by Gasteiger charge is -2.12. The molecule has 2 aromatic carbocycles. The number of nitrogens with zero attached hydrogens (tertiary/aromatic N) is 2. The number of phenols is 1. The van der Waals surface area contributed by atoms with Gasteiger partial charge in [-0.2, -0.15) is 4.39 Å². The van der Waals surface area contributed by atoms with Crippen LogP contribution < -0.4 is 9.47 Å². The number of ether oxygens (including phenoxy) is 2. The lowest BCUT2D eigenvalue weighted by Crippen LogP contribution is -2.15. The van der Waals surface area contributed by atoms with Crippen molar-refractivity contribution in [2.45, 2.75) is 19.9 Å². The number of allylic oxidation sites excluding steroid dienone is 1. The maximum Gasteiger partial charge on any atom is 0.232 e. The number of carbonyl (C=O) groups is 1. The van der Waals surface area contributed by atoms with Crippen molar-refractivity contribution in [2.75, 3.05) is 27.7 Å². The van der Waals surface area contributed by atoms with E-state index in [2.05, 4.69) is 9.47 Å². The van der Waals surface area contributed by atoms with Crippen LogP contribution in [0.5, 0.6) is 17.2 Å². The van der Waals surface area contributed by atoms with E-state index >= 15 is 0 Å². The Morgan fingerprint density at radius 2 is 2.03 bits per heavy atom. The monoisotopic (exact) mass is 424 g/mol. The fourth-order valence-electron chi connectivity index (χ4n) is 3.97. The van der Waals surface area contributed by atoms with Gasteiger partial charge in [0.2, 0.25) is 11.6 Å². The number of aromatic hydroxyl groups is 1. The molecule has 0 bridgehead atoms. The molecule has 6 nitrogen and oxygen atoms in total. The molecule has 7 heteroatoms. The van der Waals surface area contributed by atoms with Crippen LogP contribution >= 0.6 is 0 Å². The summed E-state index contributed by atoms with van der Waals surface area (Å²) in [5.41, 5.74) is 2.92. The van der Waals surface area contributed by atoms with Crippen molar-refractivity contribution >= 4 is 22.8 Å². The summed E-state index contributed by atoms with van der Waals surface area (Å²) in [4.78, 5) is 14.9. The van der Waals surface area contributed by atoms with E-state index in [0.29, 0.717) is 5.75 Å². The minimum Gasteiger partial charge on any atom is -0.505 e. The molecule has 0 fully saturated rings. The summed E-state index contributed by atoms with van der Waals surface area (Å²) in [5.74, 6) is -1.40. The summed E-state index contributed by atoms with van der Waals surface area (Å²) in [6, 6.07) is 8.37. The van der Waals surface area contributed by atoms with Crippen LogP contribution in [-0.2, 0) is 6.54 Å². The molecule has 1 aliphatic rings. The minimum absolute atomic E-state index is 0.0257. The number of phenolic OH excluding ortho intramolecular Hbond substituents is 1. The number of halogens is 1.